The van der Waals surface area contributed by atoms with Crippen molar-refractivity contribution in [1.82, 2.24) is 10.3 Å². The average molecular weight is 492 g/mol. The smallest absolute Gasteiger partial charge is 0.337 e. The fraction of sp³-hybridized carbons (Fsp3) is 0.333. The van der Waals surface area contributed by atoms with Crippen LogP contribution in [0.15, 0.2) is 59.4 Å². The van der Waals surface area contributed by atoms with Crippen molar-refractivity contribution in [1.29, 1.82) is 0 Å². The molecule has 7 nitrogen and oxygen atoms in total. The number of carbonyl (C=O) groups is 3. The summed E-state index contributed by atoms with van der Waals surface area (Å²) in [7, 11) is 1.31. The Hall–Kier alpha value is -3.52. The number of carbonyl (C=O) groups excluding carboxylic acids is 3. The molecule has 0 saturated heterocycles. The summed E-state index contributed by atoms with van der Waals surface area (Å²) in [5, 5.41) is 7.71. The number of benzene rings is 2. The lowest BCUT2D eigenvalue weighted by Crippen LogP contribution is -2.32. The van der Waals surface area contributed by atoms with Crippen LogP contribution in [-0.2, 0) is 27.3 Å². The van der Waals surface area contributed by atoms with Gasteiger partial charge >= 0.3 is 5.97 Å². The number of thiazole rings is 1. The van der Waals surface area contributed by atoms with Crippen molar-refractivity contribution in [3.8, 4) is 0 Å². The topological polar surface area (TPSA) is 97.4 Å². The predicted octanol–water partition coefficient (Wildman–Crippen LogP) is 4.70. The zero-order valence-electron chi connectivity index (χ0n) is 19.7. The SMILES string of the molecule is COC(=O)c1cc(CNC(=O)[C@H](c2ccccc2)C2CCCC2)cc(NC(=O)Cc2cscn2)c1. The van der Waals surface area contributed by atoms with Crippen LogP contribution in [0.3, 0.4) is 0 Å². The number of nitrogens with one attached hydrogen (secondary N) is 2. The molecule has 1 fully saturated rings. The third kappa shape index (κ3) is 6.54. The number of anilines is 1. The third-order valence-electron chi connectivity index (χ3n) is 6.30. The van der Waals surface area contributed by atoms with Gasteiger partial charge in [-0.3, -0.25) is 9.59 Å². The molecule has 182 valence electrons. The van der Waals surface area contributed by atoms with Crippen molar-refractivity contribution in [3.63, 3.8) is 0 Å². The second-order valence-electron chi connectivity index (χ2n) is 8.77. The highest BCUT2D eigenvalue weighted by Gasteiger charge is 2.31. The summed E-state index contributed by atoms with van der Waals surface area (Å²) in [5.74, 6) is -0.667. The maximum Gasteiger partial charge on any atom is 0.337 e. The first-order chi connectivity index (χ1) is 17.0. The summed E-state index contributed by atoms with van der Waals surface area (Å²) in [4.78, 5) is 42.2. The molecule has 1 heterocycles. The van der Waals surface area contributed by atoms with E-state index in [1.165, 1.54) is 18.4 Å². The van der Waals surface area contributed by atoms with E-state index in [9.17, 15) is 14.4 Å². The number of hydrogen-bond acceptors (Lipinski definition) is 6. The molecule has 0 unspecified atom stereocenters. The largest absolute Gasteiger partial charge is 0.465 e. The number of aromatic nitrogens is 1. The van der Waals surface area contributed by atoms with Crippen molar-refractivity contribution in [2.75, 3.05) is 12.4 Å². The van der Waals surface area contributed by atoms with Crippen LogP contribution in [0.2, 0.25) is 0 Å². The van der Waals surface area contributed by atoms with Gasteiger partial charge in [0.1, 0.15) is 0 Å². The van der Waals surface area contributed by atoms with Gasteiger partial charge in [0.15, 0.2) is 0 Å². The first-order valence-corrected chi connectivity index (χ1v) is 12.7. The second kappa shape index (κ2) is 11.8. The van der Waals surface area contributed by atoms with Crippen LogP contribution in [0.1, 0.15) is 58.8 Å². The van der Waals surface area contributed by atoms with Crippen molar-refractivity contribution in [3.05, 3.63) is 81.8 Å². The van der Waals surface area contributed by atoms with E-state index >= 15 is 0 Å². The van der Waals surface area contributed by atoms with Crippen molar-refractivity contribution >= 4 is 34.8 Å². The van der Waals surface area contributed by atoms with E-state index < -0.39 is 5.97 Å². The molecule has 0 bridgehead atoms. The second-order valence-corrected chi connectivity index (χ2v) is 9.48. The number of ether oxygens (including phenoxy) is 1. The molecule has 0 aliphatic heterocycles. The maximum absolute atomic E-state index is 13.3. The summed E-state index contributed by atoms with van der Waals surface area (Å²) >= 11 is 1.43. The highest BCUT2D eigenvalue weighted by Crippen LogP contribution is 2.37. The zero-order chi connectivity index (χ0) is 24.6. The highest BCUT2D eigenvalue weighted by atomic mass is 32.1. The molecule has 3 aromatic rings. The van der Waals surface area contributed by atoms with Crippen LogP contribution in [0.5, 0.6) is 0 Å². The molecule has 2 amide bonds. The van der Waals surface area contributed by atoms with Crippen LogP contribution >= 0.6 is 11.3 Å². The molecular weight excluding hydrogens is 462 g/mol. The Balaban J connectivity index is 1.49. The van der Waals surface area contributed by atoms with Gasteiger partial charge in [0.05, 0.1) is 36.2 Å². The molecule has 0 spiro atoms. The standard InChI is InChI=1S/C27H29N3O4S/c1-34-27(33)21-11-18(12-22(13-21)30-24(31)14-23-16-35-17-29-23)15-28-26(32)25(20-9-5-6-10-20)19-7-3-2-4-8-19/h2-4,7-8,11-13,16-17,20,25H,5-6,9-10,14-15H2,1H3,(H,28,32)(H,30,31)/t25-/m1/s1. The number of esters is 1. The molecule has 35 heavy (non-hydrogen) atoms. The quantitative estimate of drug-likeness (QED) is 0.423. The van der Waals surface area contributed by atoms with Crippen LogP contribution in [0.4, 0.5) is 5.69 Å². The minimum absolute atomic E-state index is 0.0271. The van der Waals surface area contributed by atoms with Gasteiger partial charge in [-0.25, -0.2) is 9.78 Å². The van der Waals surface area contributed by atoms with E-state index in [2.05, 4.69) is 15.6 Å². The van der Waals surface area contributed by atoms with Crippen molar-refractivity contribution in [2.24, 2.45) is 5.92 Å². The maximum atomic E-state index is 13.3. The molecular formula is C27H29N3O4S. The van der Waals surface area contributed by atoms with Gasteiger partial charge in [0.2, 0.25) is 11.8 Å². The highest BCUT2D eigenvalue weighted by molar-refractivity contribution is 7.07. The lowest BCUT2D eigenvalue weighted by Gasteiger charge is -2.23. The van der Waals surface area contributed by atoms with Crippen LogP contribution < -0.4 is 10.6 Å². The minimum atomic E-state index is -0.513. The lowest BCUT2D eigenvalue weighted by molar-refractivity contribution is -0.124. The normalized spacial score (nSPS) is 14.3. The Kier molecular flexibility index (Phi) is 8.26. The lowest BCUT2D eigenvalue weighted by atomic mass is 9.84. The van der Waals surface area contributed by atoms with Gasteiger partial charge in [-0.05, 0) is 48.1 Å². The van der Waals surface area contributed by atoms with E-state index in [0.29, 0.717) is 28.4 Å². The van der Waals surface area contributed by atoms with Crippen LogP contribution in [-0.4, -0.2) is 29.9 Å². The summed E-state index contributed by atoms with van der Waals surface area (Å²) in [5.41, 5.74) is 4.85. The van der Waals surface area contributed by atoms with Crippen LogP contribution in [0.25, 0.3) is 0 Å². The van der Waals surface area contributed by atoms with E-state index in [4.69, 9.17) is 4.74 Å². The van der Waals surface area contributed by atoms with Crippen LogP contribution in [0, 0.1) is 5.92 Å². The van der Waals surface area contributed by atoms with Gasteiger partial charge in [0.25, 0.3) is 0 Å². The fourth-order valence-electron chi connectivity index (χ4n) is 4.68. The monoisotopic (exact) mass is 491 g/mol. The molecule has 1 saturated carbocycles. The van der Waals surface area contributed by atoms with E-state index in [-0.39, 0.29) is 30.7 Å². The molecule has 1 atom stereocenters. The summed E-state index contributed by atoms with van der Waals surface area (Å²) < 4.78 is 4.88. The van der Waals surface area contributed by atoms with E-state index in [0.717, 1.165) is 31.2 Å². The molecule has 1 aliphatic carbocycles. The first kappa shape index (κ1) is 24.6. The molecule has 2 aromatic carbocycles. The van der Waals surface area contributed by atoms with Crippen molar-refractivity contribution in [2.45, 2.75) is 44.6 Å². The molecule has 2 N–H and O–H groups in total. The molecule has 1 aliphatic rings. The fourth-order valence-corrected chi connectivity index (χ4v) is 5.24. The number of methoxy groups -OCH3 is 1. The number of rotatable bonds is 9. The van der Waals surface area contributed by atoms with Crippen molar-refractivity contribution < 1.29 is 19.1 Å². The predicted molar refractivity (Wildman–Crippen MR) is 135 cm³/mol. The zero-order valence-corrected chi connectivity index (χ0v) is 20.5. The molecule has 4 rings (SSSR count). The first-order valence-electron chi connectivity index (χ1n) is 11.8. The van der Waals surface area contributed by atoms with Gasteiger partial charge in [-0.1, -0.05) is 43.2 Å². The summed E-state index contributed by atoms with van der Waals surface area (Å²) in [6, 6.07) is 14.9. The van der Waals surface area contributed by atoms with Gasteiger partial charge in [-0.2, -0.15) is 0 Å². The minimum Gasteiger partial charge on any atom is -0.465 e. The van der Waals surface area contributed by atoms with Gasteiger partial charge < -0.3 is 15.4 Å². The number of nitrogens with zero attached hydrogens (tertiary/aromatic N) is 1. The summed E-state index contributed by atoms with van der Waals surface area (Å²) in [6.45, 7) is 0.231. The Morgan fingerprint density at radius 1 is 1.11 bits per heavy atom. The molecule has 8 heteroatoms. The van der Waals surface area contributed by atoms with Gasteiger partial charge in [-0.15, -0.1) is 11.3 Å². The Labute approximate surface area is 208 Å². The summed E-state index contributed by atoms with van der Waals surface area (Å²) in [6.07, 6.45) is 4.51. The molecule has 0 radical (unpaired) electrons. The average Bonchev–Trinajstić information content (AvgIpc) is 3.58. The Morgan fingerprint density at radius 3 is 2.57 bits per heavy atom. The van der Waals surface area contributed by atoms with E-state index in [1.54, 1.807) is 23.7 Å². The van der Waals surface area contributed by atoms with Gasteiger partial charge in [0, 0.05) is 17.6 Å². The molecule has 1 aromatic heterocycles. The Bertz CT molecular complexity index is 1160. The number of amides is 2. The van der Waals surface area contributed by atoms with E-state index in [1.807, 2.05) is 35.7 Å². The Morgan fingerprint density at radius 2 is 1.89 bits per heavy atom. The third-order valence-corrected chi connectivity index (χ3v) is 6.94. The number of hydrogen-bond donors (Lipinski definition) is 2.